The third-order valence-corrected chi connectivity index (χ3v) is 3.63. The Morgan fingerprint density at radius 1 is 1.29 bits per heavy atom. The maximum absolute atomic E-state index is 5.84. The van der Waals surface area contributed by atoms with E-state index in [1.165, 1.54) is 25.7 Å². The number of hydrogen-bond acceptors (Lipinski definition) is 2. The van der Waals surface area contributed by atoms with Gasteiger partial charge in [0.1, 0.15) is 0 Å². The van der Waals surface area contributed by atoms with Gasteiger partial charge in [0.15, 0.2) is 0 Å². The highest BCUT2D eigenvalue weighted by atomic mass is 16.5. The van der Waals surface area contributed by atoms with Crippen LogP contribution in [-0.4, -0.2) is 26.8 Å². The Hall–Kier alpha value is -0.0800. The molecule has 1 atom stereocenters. The molecular formula is C12H23NO. The summed E-state index contributed by atoms with van der Waals surface area (Å²) in [6.07, 6.45) is 5.61. The highest BCUT2D eigenvalue weighted by molar-refractivity contribution is 4.92. The fourth-order valence-electron chi connectivity index (χ4n) is 2.24. The Kier molecular flexibility index (Phi) is 3.13. The van der Waals surface area contributed by atoms with Gasteiger partial charge in [-0.2, -0.15) is 0 Å². The molecule has 0 aromatic rings. The van der Waals surface area contributed by atoms with Crippen LogP contribution >= 0.6 is 0 Å². The van der Waals surface area contributed by atoms with Crippen LogP contribution in [0.5, 0.6) is 0 Å². The summed E-state index contributed by atoms with van der Waals surface area (Å²) in [5, 5.41) is 3.30. The van der Waals surface area contributed by atoms with Gasteiger partial charge in [-0.25, -0.2) is 0 Å². The largest absolute Gasteiger partial charge is 0.381 e. The first-order valence-corrected chi connectivity index (χ1v) is 5.97. The molecule has 0 amide bonds. The molecule has 0 aliphatic heterocycles. The van der Waals surface area contributed by atoms with Crippen LogP contribution in [0.2, 0.25) is 0 Å². The van der Waals surface area contributed by atoms with Gasteiger partial charge in [-0.3, -0.25) is 0 Å². The van der Waals surface area contributed by atoms with E-state index in [1.54, 1.807) is 0 Å². The Bertz CT molecular complexity index is 187. The predicted molar refractivity (Wildman–Crippen MR) is 58.3 cm³/mol. The van der Waals surface area contributed by atoms with E-state index in [1.807, 2.05) is 7.05 Å². The first-order valence-electron chi connectivity index (χ1n) is 5.97. The van der Waals surface area contributed by atoms with Crippen LogP contribution in [0.15, 0.2) is 0 Å². The number of ether oxygens (including phenoxy) is 1. The van der Waals surface area contributed by atoms with Gasteiger partial charge in [-0.15, -0.1) is 0 Å². The Morgan fingerprint density at radius 2 is 2.00 bits per heavy atom. The van der Waals surface area contributed by atoms with E-state index in [9.17, 15) is 0 Å². The number of hydrogen-bond donors (Lipinski definition) is 1. The standard InChI is InChI=1S/C12H23NO/c1-12(8-13-2,11-5-6-11)9-14-7-10-3-4-10/h10-11,13H,3-9H2,1-2H3. The van der Waals surface area contributed by atoms with E-state index in [4.69, 9.17) is 4.74 Å². The minimum atomic E-state index is 0.393. The van der Waals surface area contributed by atoms with Gasteiger partial charge in [0.2, 0.25) is 0 Å². The average Bonchev–Trinajstić information content (AvgIpc) is 3.01. The SMILES string of the molecule is CNCC(C)(COCC1CC1)C1CC1. The highest BCUT2D eigenvalue weighted by Gasteiger charge is 2.41. The van der Waals surface area contributed by atoms with Gasteiger partial charge >= 0.3 is 0 Å². The molecule has 0 heterocycles. The second-order valence-electron chi connectivity index (χ2n) is 5.42. The third-order valence-electron chi connectivity index (χ3n) is 3.63. The minimum absolute atomic E-state index is 0.393. The summed E-state index contributed by atoms with van der Waals surface area (Å²) in [4.78, 5) is 0. The van der Waals surface area contributed by atoms with Crippen molar-refractivity contribution in [3.8, 4) is 0 Å². The van der Waals surface area contributed by atoms with Gasteiger partial charge in [-0.1, -0.05) is 6.92 Å². The lowest BCUT2D eigenvalue weighted by molar-refractivity contribution is 0.0357. The summed E-state index contributed by atoms with van der Waals surface area (Å²) in [7, 11) is 2.04. The normalized spacial score (nSPS) is 26.1. The predicted octanol–water partition coefficient (Wildman–Crippen LogP) is 2.05. The minimum Gasteiger partial charge on any atom is -0.381 e. The first-order chi connectivity index (χ1) is 6.74. The first kappa shape index (κ1) is 10.4. The zero-order valence-corrected chi connectivity index (χ0v) is 9.51. The Morgan fingerprint density at radius 3 is 2.50 bits per heavy atom. The van der Waals surface area contributed by atoms with Crippen molar-refractivity contribution in [2.45, 2.75) is 32.6 Å². The molecule has 2 rings (SSSR count). The molecular weight excluding hydrogens is 174 g/mol. The summed E-state index contributed by atoms with van der Waals surface area (Å²) in [6, 6.07) is 0. The second-order valence-corrected chi connectivity index (χ2v) is 5.42. The van der Waals surface area contributed by atoms with Gasteiger partial charge in [-0.05, 0) is 44.6 Å². The van der Waals surface area contributed by atoms with Crippen molar-refractivity contribution in [2.75, 3.05) is 26.8 Å². The molecule has 1 N–H and O–H groups in total. The molecule has 2 heteroatoms. The van der Waals surface area contributed by atoms with Crippen LogP contribution in [0.1, 0.15) is 32.6 Å². The van der Waals surface area contributed by atoms with Crippen LogP contribution in [0.25, 0.3) is 0 Å². The molecule has 14 heavy (non-hydrogen) atoms. The number of rotatable bonds is 7. The van der Waals surface area contributed by atoms with E-state index in [0.717, 1.165) is 31.6 Å². The molecule has 0 spiro atoms. The fourth-order valence-corrected chi connectivity index (χ4v) is 2.24. The van der Waals surface area contributed by atoms with Gasteiger partial charge in [0.25, 0.3) is 0 Å². The van der Waals surface area contributed by atoms with Crippen LogP contribution in [-0.2, 0) is 4.74 Å². The van der Waals surface area contributed by atoms with E-state index in [-0.39, 0.29) is 0 Å². The monoisotopic (exact) mass is 197 g/mol. The lowest BCUT2D eigenvalue weighted by Gasteiger charge is -2.29. The second kappa shape index (κ2) is 4.19. The summed E-state index contributed by atoms with van der Waals surface area (Å²) >= 11 is 0. The number of nitrogens with one attached hydrogen (secondary N) is 1. The molecule has 1 unspecified atom stereocenters. The molecule has 82 valence electrons. The van der Waals surface area contributed by atoms with Gasteiger partial charge < -0.3 is 10.1 Å². The zero-order valence-electron chi connectivity index (χ0n) is 9.51. The van der Waals surface area contributed by atoms with Crippen molar-refractivity contribution in [1.29, 1.82) is 0 Å². The lowest BCUT2D eigenvalue weighted by Crippen LogP contribution is -2.36. The lowest BCUT2D eigenvalue weighted by atomic mass is 9.86. The van der Waals surface area contributed by atoms with Crippen molar-refractivity contribution in [3.05, 3.63) is 0 Å². The van der Waals surface area contributed by atoms with Crippen molar-refractivity contribution < 1.29 is 4.74 Å². The molecule has 2 fully saturated rings. The van der Waals surface area contributed by atoms with Gasteiger partial charge in [0.05, 0.1) is 6.61 Å². The summed E-state index contributed by atoms with van der Waals surface area (Å²) in [6.45, 7) is 5.43. The Labute approximate surface area is 87.4 Å². The molecule has 2 aliphatic rings. The van der Waals surface area contributed by atoms with Crippen LogP contribution in [0, 0.1) is 17.3 Å². The van der Waals surface area contributed by atoms with E-state index in [2.05, 4.69) is 12.2 Å². The quantitative estimate of drug-likeness (QED) is 0.674. The highest BCUT2D eigenvalue weighted by Crippen LogP contribution is 2.45. The zero-order chi connectivity index (χ0) is 10.0. The molecule has 2 nitrogen and oxygen atoms in total. The maximum Gasteiger partial charge on any atom is 0.0534 e. The van der Waals surface area contributed by atoms with Crippen LogP contribution < -0.4 is 5.32 Å². The topological polar surface area (TPSA) is 21.3 Å². The molecule has 0 bridgehead atoms. The molecule has 0 aromatic heterocycles. The molecule has 0 radical (unpaired) electrons. The fraction of sp³-hybridized carbons (Fsp3) is 1.00. The molecule has 2 aliphatic carbocycles. The van der Waals surface area contributed by atoms with Crippen molar-refractivity contribution in [1.82, 2.24) is 5.32 Å². The molecule has 2 saturated carbocycles. The van der Waals surface area contributed by atoms with E-state index >= 15 is 0 Å². The van der Waals surface area contributed by atoms with E-state index in [0.29, 0.717) is 5.41 Å². The molecule has 0 aromatic carbocycles. The van der Waals surface area contributed by atoms with Crippen molar-refractivity contribution in [2.24, 2.45) is 17.3 Å². The van der Waals surface area contributed by atoms with E-state index < -0.39 is 0 Å². The maximum atomic E-state index is 5.84. The molecule has 0 saturated heterocycles. The average molecular weight is 197 g/mol. The summed E-state index contributed by atoms with van der Waals surface area (Å²) in [5.74, 6) is 1.81. The van der Waals surface area contributed by atoms with Crippen molar-refractivity contribution in [3.63, 3.8) is 0 Å². The van der Waals surface area contributed by atoms with Crippen molar-refractivity contribution >= 4 is 0 Å². The summed E-state index contributed by atoms with van der Waals surface area (Å²) in [5.41, 5.74) is 0.393. The van der Waals surface area contributed by atoms with Crippen LogP contribution in [0.4, 0.5) is 0 Å². The van der Waals surface area contributed by atoms with Gasteiger partial charge in [0, 0.05) is 18.6 Å². The van der Waals surface area contributed by atoms with Crippen LogP contribution in [0.3, 0.4) is 0 Å². The Balaban J connectivity index is 1.71. The third kappa shape index (κ3) is 2.71. The summed E-state index contributed by atoms with van der Waals surface area (Å²) < 4.78 is 5.84. The smallest absolute Gasteiger partial charge is 0.0534 e.